The van der Waals surface area contributed by atoms with Crippen molar-refractivity contribution >= 4 is 41.2 Å². The fourth-order valence-electron chi connectivity index (χ4n) is 2.18. The van der Waals surface area contributed by atoms with Gasteiger partial charge >= 0.3 is 6.09 Å². The molecule has 1 aliphatic rings. The largest absolute Gasteiger partial charge is 0.452 e. The lowest BCUT2D eigenvalue weighted by Gasteiger charge is -2.10. The van der Waals surface area contributed by atoms with Gasteiger partial charge in [-0.2, -0.15) is 0 Å². The van der Waals surface area contributed by atoms with Crippen molar-refractivity contribution in [2.24, 2.45) is 0 Å². The van der Waals surface area contributed by atoms with Crippen LogP contribution in [0.5, 0.6) is 11.5 Å². The summed E-state index contributed by atoms with van der Waals surface area (Å²) in [7, 11) is 3.15. The van der Waals surface area contributed by atoms with E-state index < -0.39 is 6.09 Å². The maximum absolute atomic E-state index is 12.4. The molecule has 2 aromatic rings. The lowest BCUT2D eigenvalue weighted by atomic mass is 10.1. The summed E-state index contributed by atoms with van der Waals surface area (Å²) in [6, 6.07) is 9.62. The Kier molecular flexibility index (Phi) is 4.70. The summed E-state index contributed by atoms with van der Waals surface area (Å²) in [6.45, 7) is 0. The first-order chi connectivity index (χ1) is 11.8. The van der Waals surface area contributed by atoms with Gasteiger partial charge in [0.1, 0.15) is 11.5 Å². The van der Waals surface area contributed by atoms with Crippen LogP contribution in [0.15, 0.2) is 42.2 Å². The second-order valence-electron chi connectivity index (χ2n) is 5.53. The molecule has 0 fully saturated rings. The molecule has 0 saturated carbocycles. The summed E-state index contributed by atoms with van der Waals surface area (Å²) in [6.07, 6.45) is 1.06. The number of carbonyl (C=O) groups excluding carboxylic acids is 2. The van der Waals surface area contributed by atoms with E-state index in [2.05, 4.69) is 0 Å². The number of hydrogen-bond acceptors (Lipinski definition) is 4. The molecule has 25 heavy (non-hydrogen) atoms. The minimum absolute atomic E-state index is 0.157. The highest BCUT2D eigenvalue weighted by Gasteiger charge is 2.28. The van der Waals surface area contributed by atoms with Gasteiger partial charge < -0.3 is 14.4 Å². The van der Waals surface area contributed by atoms with Crippen LogP contribution in [0.3, 0.4) is 0 Å². The van der Waals surface area contributed by atoms with Crippen LogP contribution in [-0.2, 0) is 0 Å². The maximum Gasteiger partial charge on any atom is 0.414 e. The minimum atomic E-state index is -0.518. The van der Waals surface area contributed by atoms with E-state index in [-0.39, 0.29) is 11.5 Å². The lowest BCUT2D eigenvalue weighted by Crippen LogP contribution is -2.25. The third-order valence-electron chi connectivity index (χ3n) is 3.45. The van der Waals surface area contributed by atoms with Gasteiger partial charge in [-0.1, -0.05) is 29.3 Å². The van der Waals surface area contributed by atoms with Gasteiger partial charge in [0.25, 0.3) is 0 Å². The maximum atomic E-state index is 12.4. The fourth-order valence-corrected chi connectivity index (χ4v) is 2.48. The van der Waals surface area contributed by atoms with Crippen LogP contribution in [0.25, 0.3) is 6.08 Å². The van der Waals surface area contributed by atoms with Crippen LogP contribution in [0.4, 0.5) is 4.79 Å². The quantitative estimate of drug-likeness (QED) is 0.713. The SMILES string of the molecule is CN(C)C(=O)Oc1ccc2c(c1)O/C(=C\c1ccc(Cl)c(Cl)c1)C2=O. The second kappa shape index (κ2) is 6.78. The number of ether oxygens (including phenoxy) is 2. The number of allylic oxidation sites excluding steroid dienone is 1. The van der Waals surface area contributed by atoms with Crippen LogP contribution in [0.1, 0.15) is 15.9 Å². The standard InChI is InChI=1S/C18H13Cl2NO4/c1-21(2)18(23)24-11-4-5-12-15(9-11)25-16(17(12)22)8-10-3-6-13(19)14(20)7-10/h3-9H,1-2H3/b16-8-. The van der Waals surface area contributed by atoms with Crippen molar-refractivity contribution in [1.29, 1.82) is 0 Å². The highest BCUT2D eigenvalue weighted by atomic mass is 35.5. The number of amides is 1. The molecular formula is C18H13Cl2NO4. The Bertz CT molecular complexity index is 906. The summed E-state index contributed by atoms with van der Waals surface area (Å²) in [5.74, 6) is 0.525. The van der Waals surface area contributed by atoms with Gasteiger partial charge in [0.05, 0.1) is 15.6 Å². The van der Waals surface area contributed by atoms with Crippen molar-refractivity contribution in [3.63, 3.8) is 0 Å². The highest BCUT2D eigenvalue weighted by Crippen LogP contribution is 2.35. The van der Waals surface area contributed by atoms with Crippen molar-refractivity contribution in [2.75, 3.05) is 14.1 Å². The molecule has 0 unspecified atom stereocenters. The number of halogens is 2. The van der Waals surface area contributed by atoms with E-state index in [0.29, 0.717) is 32.7 Å². The number of rotatable bonds is 2. The molecule has 0 saturated heterocycles. The Morgan fingerprint density at radius 3 is 2.56 bits per heavy atom. The number of Topliss-reactive ketones (excluding diaryl/α,β-unsaturated/α-hetero) is 1. The molecule has 0 spiro atoms. The molecule has 128 valence electrons. The van der Waals surface area contributed by atoms with Crippen LogP contribution in [0.2, 0.25) is 10.0 Å². The zero-order valence-corrected chi connectivity index (χ0v) is 14.9. The van der Waals surface area contributed by atoms with E-state index in [0.717, 1.165) is 0 Å². The topological polar surface area (TPSA) is 55.8 Å². The van der Waals surface area contributed by atoms with Crippen LogP contribution in [0, 0.1) is 0 Å². The Morgan fingerprint density at radius 1 is 1.12 bits per heavy atom. The van der Waals surface area contributed by atoms with Gasteiger partial charge in [0.15, 0.2) is 5.76 Å². The van der Waals surface area contributed by atoms with Gasteiger partial charge in [-0.15, -0.1) is 0 Å². The summed E-state index contributed by atoms with van der Waals surface area (Å²) in [4.78, 5) is 25.3. The van der Waals surface area contributed by atoms with Crippen LogP contribution >= 0.6 is 23.2 Å². The number of carbonyl (C=O) groups is 2. The minimum Gasteiger partial charge on any atom is -0.452 e. The van der Waals surface area contributed by atoms with Crippen molar-refractivity contribution in [3.8, 4) is 11.5 Å². The van der Waals surface area contributed by atoms with E-state index in [9.17, 15) is 9.59 Å². The third-order valence-corrected chi connectivity index (χ3v) is 4.19. The molecule has 0 aromatic heterocycles. The Hall–Kier alpha value is -2.50. The molecule has 0 N–H and O–H groups in total. The molecule has 1 heterocycles. The summed E-state index contributed by atoms with van der Waals surface area (Å²) in [5, 5.41) is 0.815. The first-order valence-electron chi connectivity index (χ1n) is 7.27. The highest BCUT2D eigenvalue weighted by molar-refractivity contribution is 6.42. The summed E-state index contributed by atoms with van der Waals surface area (Å²) >= 11 is 11.9. The zero-order valence-electron chi connectivity index (χ0n) is 13.4. The predicted molar refractivity (Wildman–Crippen MR) is 95.6 cm³/mol. The van der Waals surface area contributed by atoms with Gasteiger partial charge in [-0.25, -0.2) is 4.79 Å². The van der Waals surface area contributed by atoms with Crippen molar-refractivity contribution in [3.05, 3.63) is 63.3 Å². The molecule has 7 heteroatoms. The van der Waals surface area contributed by atoms with Crippen molar-refractivity contribution in [1.82, 2.24) is 4.90 Å². The summed E-state index contributed by atoms with van der Waals surface area (Å²) < 4.78 is 10.8. The molecule has 0 atom stereocenters. The molecule has 3 rings (SSSR count). The number of benzene rings is 2. The number of hydrogen-bond donors (Lipinski definition) is 0. The van der Waals surface area contributed by atoms with E-state index >= 15 is 0 Å². The van der Waals surface area contributed by atoms with Gasteiger partial charge in [0, 0.05) is 20.2 Å². The van der Waals surface area contributed by atoms with Crippen LogP contribution in [-0.4, -0.2) is 30.9 Å². The van der Waals surface area contributed by atoms with Gasteiger partial charge in [0.2, 0.25) is 5.78 Å². The molecule has 2 aromatic carbocycles. The third kappa shape index (κ3) is 3.62. The first-order valence-corrected chi connectivity index (χ1v) is 8.03. The fraction of sp³-hybridized carbons (Fsp3) is 0.111. The number of nitrogens with zero attached hydrogens (tertiary/aromatic N) is 1. The van der Waals surface area contributed by atoms with E-state index in [4.69, 9.17) is 32.7 Å². The van der Waals surface area contributed by atoms with Gasteiger partial charge in [-0.3, -0.25) is 4.79 Å². The summed E-state index contributed by atoms with van der Waals surface area (Å²) in [5.41, 5.74) is 1.08. The molecular weight excluding hydrogens is 365 g/mol. The van der Waals surface area contributed by atoms with Crippen LogP contribution < -0.4 is 9.47 Å². The normalized spacial score (nSPS) is 14.2. The van der Waals surface area contributed by atoms with Gasteiger partial charge in [-0.05, 0) is 35.9 Å². The Morgan fingerprint density at radius 2 is 1.88 bits per heavy atom. The molecule has 0 bridgehead atoms. The molecule has 0 radical (unpaired) electrons. The Labute approximate surface area is 154 Å². The molecule has 5 nitrogen and oxygen atoms in total. The average molecular weight is 378 g/mol. The predicted octanol–water partition coefficient (Wildman–Crippen LogP) is 4.67. The van der Waals surface area contributed by atoms with Crippen molar-refractivity contribution < 1.29 is 19.1 Å². The first kappa shape index (κ1) is 17.3. The molecule has 1 aliphatic heterocycles. The Balaban J connectivity index is 1.86. The van der Waals surface area contributed by atoms with E-state index in [1.807, 2.05) is 0 Å². The van der Waals surface area contributed by atoms with E-state index in [1.165, 1.54) is 11.0 Å². The zero-order chi connectivity index (χ0) is 18.1. The number of fused-ring (bicyclic) bond motifs is 1. The van der Waals surface area contributed by atoms with Crippen molar-refractivity contribution in [2.45, 2.75) is 0 Å². The number of ketones is 1. The average Bonchev–Trinajstić information content (AvgIpc) is 2.86. The monoisotopic (exact) mass is 377 g/mol. The van der Waals surface area contributed by atoms with E-state index in [1.54, 1.807) is 50.5 Å². The molecule has 0 aliphatic carbocycles. The smallest absolute Gasteiger partial charge is 0.414 e. The lowest BCUT2D eigenvalue weighted by molar-refractivity contribution is 0.101. The molecule has 1 amide bonds. The second-order valence-corrected chi connectivity index (χ2v) is 6.35.